The van der Waals surface area contributed by atoms with Gasteiger partial charge in [-0.1, -0.05) is 19.4 Å². The lowest BCUT2D eigenvalue weighted by Gasteiger charge is -2.33. The van der Waals surface area contributed by atoms with Crippen LogP contribution in [0.15, 0.2) is 24.3 Å². The van der Waals surface area contributed by atoms with E-state index >= 15 is 0 Å². The molecule has 0 saturated heterocycles. The fourth-order valence-electron chi connectivity index (χ4n) is 3.85. The summed E-state index contributed by atoms with van der Waals surface area (Å²) in [4.78, 5) is 0. The van der Waals surface area contributed by atoms with Crippen LogP contribution in [0.5, 0.6) is 11.5 Å². The van der Waals surface area contributed by atoms with Gasteiger partial charge in [-0.3, -0.25) is 0 Å². The van der Waals surface area contributed by atoms with E-state index in [2.05, 4.69) is 4.74 Å². The molecule has 1 saturated carbocycles. The molecule has 0 amide bonds. The van der Waals surface area contributed by atoms with Gasteiger partial charge in [-0.05, 0) is 49.7 Å². The third-order valence-corrected chi connectivity index (χ3v) is 5.65. The van der Waals surface area contributed by atoms with Gasteiger partial charge in [0, 0.05) is 12.1 Å². The predicted molar refractivity (Wildman–Crippen MR) is 103 cm³/mol. The summed E-state index contributed by atoms with van der Waals surface area (Å²) in [5.74, 6) is -9.43. The molecule has 0 aromatic heterocycles. The molecule has 0 unspecified atom stereocenters. The molecule has 0 radical (unpaired) electrons. The zero-order valence-corrected chi connectivity index (χ0v) is 17.4. The van der Waals surface area contributed by atoms with Crippen molar-refractivity contribution >= 4 is 0 Å². The van der Waals surface area contributed by atoms with Gasteiger partial charge in [-0.15, -0.1) is 0 Å². The summed E-state index contributed by atoms with van der Waals surface area (Å²) in [6.07, 6.45) is -1.97. The highest BCUT2D eigenvalue weighted by Gasteiger charge is 2.44. The van der Waals surface area contributed by atoms with Crippen LogP contribution in [0.3, 0.4) is 0 Å². The van der Waals surface area contributed by atoms with Crippen LogP contribution in [0, 0.1) is 40.9 Å². The molecule has 0 spiro atoms. The minimum absolute atomic E-state index is 0.0272. The maximum Gasteiger partial charge on any atom is 0.400 e. The number of hydrogen-bond donors (Lipinski definition) is 0. The van der Waals surface area contributed by atoms with Crippen molar-refractivity contribution in [3.63, 3.8) is 0 Å². The summed E-state index contributed by atoms with van der Waals surface area (Å²) >= 11 is 0. The van der Waals surface area contributed by atoms with Gasteiger partial charge >= 0.3 is 6.11 Å². The SMILES string of the molecule is CCCc1ccc(OCC2CCC(C(F)(F)Oc3cc(F)c(F)c(F)c3)CC2)c(F)c1F. The molecule has 1 aliphatic carbocycles. The maximum absolute atomic E-state index is 14.5. The first-order valence-electron chi connectivity index (χ1n) is 10.4. The highest BCUT2D eigenvalue weighted by Crippen LogP contribution is 2.40. The van der Waals surface area contributed by atoms with E-state index in [9.17, 15) is 30.7 Å². The number of ether oxygens (including phenoxy) is 2. The zero-order valence-electron chi connectivity index (χ0n) is 17.4. The standard InChI is InChI=1S/C23H23F7O2/c1-2-3-14-6-9-19(22(28)20(14)26)31-12-13-4-7-15(8-5-13)23(29,30)32-16-10-17(24)21(27)18(25)11-16/h6,9-11,13,15H,2-5,7-8,12H2,1H3. The Morgan fingerprint density at radius 3 is 2.09 bits per heavy atom. The van der Waals surface area contributed by atoms with Crippen LogP contribution in [-0.4, -0.2) is 12.7 Å². The number of benzene rings is 2. The number of rotatable bonds is 8. The third-order valence-electron chi connectivity index (χ3n) is 5.65. The molecule has 1 aliphatic rings. The lowest BCUT2D eigenvalue weighted by Crippen LogP contribution is -2.38. The number of hydrogen-bond acceptors (Lipinski definition) is 2. The van der Waals surface area contributed by atoms with Gasteiger partial charge in [0.25, 0.3) is 0 Å². The van der Waals surface area contributed by atoms with Crippen LogP contribution in [-0.2, 0) is 6.42 Å². The van der Waals surface area contributed by atoms with Gasteiger partial charge in [-0.2, -0.15) is 13.2 Å². The first-order chi connectivity index (χ1) is 15.1. The molecular formula is C23H23F7O2. The fourth-order valence-corrected chi connectivity index (χ4v) is 3.85. The Kier molecular flexibility index (Phi) is 7.56. The monoisotopic (exact) mass is 464 g/mol. The largest absolute Gasteiger partial charge is 0.490 e. The van der Waals surface area contributed by atoms with E-state index in [1.54, 1.807) is 0 Å². The smallest absolute Gasteiger partial charge is 0.400 e. The second-order valence-corrected chi connectivity index (χ2v) is 7.99. The van der Waals surface area contributed by atoms with Crippen LogP contribution in [0.4, 0.5) is 30.7 Å². The van der Waals surface area contributed by atoms with Crippen molar-refractivity contribution in [2.24, 2.45) is 11.8 Å². The van der Waals surface area contributed by atoms with Gasteiger partial charge in [0.05, 0.1) is 12.5 Å². The second-order valence-electron chi connectivity index (χ2n) is 7.99. The quantitative estimate of drug-likeness (QED) is 0.304. The molecular weight excluding hydrogens is 441 g/mol. The van der Waals surface area contributed by atoms with Crippen molar-refractivity contribution in [1.82, 2.24) is 0 Å². The summed E-state index contributed by atoms with van der Waals surface area (Å²) in [7, 11) is 0. The molecule has 0 N–H and O–H groups in total. The molecule has 32 heavy (non-hydrogen) atoms. The Balaban J connectivity index is 1.54. The van der Waals surface area contributed by atoms with E-state index in [4.69, 9.17) is 4.74 Å². The highest BCUT2D eigenvalue weighted by molar-refractivity contribution is 5.31. The molecule has 176 valence electrons. The molecule has 0 bridgehead atoms. The Bertz CT molecular complexity index is 917. The van der Waals surface area contributed by atoms with E-state index in [0.29, 0.717) is 37.8 Å². The number of alkyl halides is 2. The summed E-state index contributed by atoms with van der Waals surface area (Å²) in [6.45, 7) is 1.89. The topological polar surface area (TPSA) is 18.5 Å². The van der Waals surface area contributed by atoms with Crippen LogP contribution >= 0.6 is 0 Å². The molecule has 0 heterocycles. The lowest BCUT2D eigenvalue weighted by molar-refractivity contribution is -0.224. The average molecular weight is 464 g/mol. The third kappa shape index (κ3) is 5.48. The predicted octanol–water partition coefficient (Wildman–Crippen LogP) is 7.19. The molecule has 0 atom stereocenters. The molecule has 1 fully saturated rings. The van der Waals surface area contributed by atoms with Gasteiger partial charge in [-0.25, -0.2) is 17.6 Å². The molecule has 3 rings (SSSR count). The van der Waals surface area contributed by atoms with Crippen LogP contribution in [0.2, 0.25) is 0 Å². The minimum atomic E-state index is -3.72. The van der Waals surface area contributed by atoms with Crippen molar-refractivity contribution in [1.29, 1.82) is 0 Å². The second kappa shape index (κ2) is 10.0. The lowest BCUT2D eigenvalue weighted by atomic mass is 9.81. The Labute approximate surface area is 181 Å². The number of halogens is 7. The van der Waals surface area contributed by atoms with Crippen molar-refractivity contribution < 1.29 is 40.2 Å². The van der Waals surface area contributed by atoms with Crippen molar-refractivity contribution in [3.05, 3.63) is 58.9 Å². The van der Waals surface area contributed by atoms with Gasteiger partial charge < -0.3 is 9.47 Å². The summed E-state index contributed by atoms with van der Waals surface area (Å²) in [5, 5.41) is 0. The minimum Gasteiger partial charge on any atom is -0.490 e. The zero-order chi connectivity index (χ0) is 23.5. The average Bonchev–Trinajstić information content (AvgIpc) is 2.75. The van der Waals surface area contributed by atoms with E-state index in [1.165, 1.54) is 12.1 Å². The Morgan fingerprint density at radius 1 is 0.875 bits per heavy atom. The van der Waals surface area contributed by atoms with E-state index < -0.39 is 46.9 Å². The summed E-state index contributed by atoms with van der Waals surface area (Å²) in [5.41, 5.74) is 0.265. The molecule has 2 nitrogen and oxygen atoms in total. The normalized spacial score (nSPS) is 19.1. The Hall–Kier alpha value is -2.45. The molecule has 9 heteroatoms. The molecule has 0 aliphatic heterocycles. The van der Waals surface area contributed by atoms with Crippen LogP contribution in [0.25, 0.3) is 0 Å². The number of aryl methyl sites for hydroxylation is 1. The molecule has 2 aromatic rings. The highest BCUT2D eigenvalue weighted by atomic mass is 19.3. The van der Waals surface area contributed by atoms with E-state index in [1.807, 2.05) is 6.92 Å². The van der Waals surface area contributed by atoms with E-state index in [0.717, 1.165) is 0 Å². The van der Waals surface area contributed by atoms with Crippen molar-refractivity contribution in [2.75, 3.05) is 6.61 Å². The van der Waals surface area contributed by atoms with Crippen molar-refractivity contribution in [3.8, 4) is 11.5 Å². The first kappa shape index (κ1) is 24.2. The Morgan fingerprint density at radius 2 is 1.50 bits per heavy atom. The summed E-state index contributed by atoms with van der Waals surface area (Å²) < 4.78 is 106. The van der Waals surface area contributed by atoms with Crippen molar-refractivity contribution in [2.45, 2.75) is 51.6 Å². The maximum atomic E-state index is 14.5. The van der Waals surface area contributed by atoms with Crippen LogP contribution in [0.1, 0.15) is 44.6 Å². The first-order valence-corrected chi connectivity index (χ1v) is 10.4. The van der Waals surface area contributed by atoms with Gasteiger partial charge in [0.1, 0.15) is 5.75 Å². The van der Waals surface area contributed by atoms with Gasteiger partial charge in [0.15, 0.2) is 29.0 Å². The van der Waals surface area contributed by atoms with E-state index in [-0.39, 0.29) is 36.7 Å². The fraction of sp³-hybridized carbons (Fsp3) is 0.478. The molecule has 2 aromatic carbocycles. The van der Waals surface area contributed by atoms with Crippen LogP contribution < -0.4 is 9.47 Å². The van der Waals surface area contributed by atoms with Gasteiger partial charge in [0.2, 0.25) is 5.82 Å². The summed E-state index contributed by atoms with van der Waals surface area (Å²) in [6, 6.07) is 3.56.